The van der Waals surface area contributed by atoms with Crippen LogP contribution in [0, 0.1) is 5.92 Å². The number of rotatable bonds is 2. The molecule has 0 aromatic carbocycles. The van der Waals surface area contributed by atoms with E-state index in [0.29, 0.717) is 13.0 Å². The summed E-state index contributed by atoms with van der Waals surface area (Å²) in [6.07, 6.45) is 6.15. The lowest BCUT2D eigenvalue weighted by Crippen LogP contribution is -2.38. The monoisotopic (exact) mass is 252 g/mol. The summed E-state index contributed by atoms with van der Waals surface area (Å²) in [5.41, 5.74) is 0. The van der Waals surface area contributed by atoms with Crippen molar-refractivity contribution >= 4 is 11.8 Å². The van der Waals surface area contributed by atoms with Crippen LogP contribution in [0.5, 0.6) is 0 Å². The fourth-order valence-electron chi connectivity index (χ4n) is 2.96. The van der Waals surface area contributed by atoms with E-state index >= 15 is 0 Å². The molecule has 0 aromatic rings. The van der Waals surface area contributed by atoms with Crippen LogP contribution in [-0.4, -0.2) is 47.8 Å². The highest BCUT2D eigenvalue weighted by Crippen LogP contribution is 2.21. The molecule has 2 amide bonds. The van der Waals surface area contributed by atoms with Crippen LogP contribution in [0.3, 0.4) is 0 Å². The summed E-state index contributed by atoms with van der Waals surface area (Å²) in [5.74, 6) is 0.517. The summed E-state index contributed by atoms with van der Waals surface area (Å²) in [4.78, 5) is 27.9. The van der Waals surface area contributed by atoms with Gasteiger partial charge in [0.25, 0.3) is 0 Å². The van der Waals surface area contributed by atoms with Gasteiger partial charge in [-0.25, -0.2) is 0 Å². The highest BCUT2D eigenvalue weighted by molar-refractivity contribution is 5.82. The maximum absolute atomic E-state index is 12.4. The number of carbonyl (C=O) groups excluding carboxylic acids is 2. The first kappa shape index (κ1) is 13.4. The van der Waals surface area contributed by atoms with Crippen molar-refractivity contribution in [2.75, 3.05) is 26.2 Å². The number of hydrogen-bond donors (Lipinski definition) is 0. The van der Waals surface area contributed by atoms with Gasteiger partial charge < -0.3 is 9.80 Å². The zero-order chi connectivity index (χ0) is 13.0. The van der Waals surface area contributed by atoms with E-state index in [-0.39, 0.29) is 17.7 Å². The van der Waals surface area contributed by atoms with Crippen molar-refractivity contribution in [2.24, 2.45) is 5.92 Å². The third-order valence-electron chi connectivity index (χ3n) is 4.11. The van der Waals surface area contributed by atoms with E-state index in [4.69, 9.17) is 0 Å². The zero-order valence-electron chi connectivity index (χ0n) is 11.4. The summed E-state index contributed by atoms with van der Waals surface area (Å²) in [6, 6.07) is 0. The first-order chi connectivity index (χ1) is 8.72. The van der Waals surface area contributed by atoms with Gasteiger partial charge in [-0.1, -0.05) is 19.8 Å². The molecular weight excluding hydrogens is 228 g/mol. The van der Waals surface area contributed by atoms with Crippen LogP contribution in [0.1, 0.15) is 45.4 Å². The molecule has 0 radical (unpaired) electrons. The smallest absolute Gasteiger partial charge is 0.227 e. The van der Waals surface area contributed by atoms with Crippen LogP contribution in [0.4, 0.5) is 0 Å². The van der Waals surface area contributed by atoms with Gasteiger partial charge in [-0.2, -0.15) is 0 Å². The first-order valence-electron chi connectivity index (χ1n) is 7.29. The number of carbonyl (C=O) groups is 2. The van der Waals surface area contributed by atoms with Crippen molar-refractivity contribution in [3.05, 3.63) is 0 Å². The Balaban J connectivity index is 1.88. The van der Waals surface area contributed by atoms with Crippen molar-refractivity contribution in [1.29, 1.82) is 0 Å². The van der Waals surface area contributed by atoms with Crippen molar-refractivity contribution in [3.63, 3.8) is 0 Å². The molecule has 2 rings (SSSR count). The Morgan fingerprint density at radius 2 is 1.67 bits per heavy atom. The van der Waals surface area contributed by atoms with E-state index in [1.165, 1.54) is 12.8 Å². The van der Waals surface area contributed by atoms with E-state index in [1.807, 2.05) is 16.7 Å². The predicted molar refractivity (Wildman–Crippen MR) is 70.0 cm³/mol. The van der Waals surface area contributed by atoms with Crippen molar-refractivity contribution in [2.45, 2.75) is 45.4 Å². The molecule has 2 aliphatic rings. The largest absolute Gasteiger partial charge is 0.342 e. The second-order valence-corrected chi connectivity index (χ2v) is 5.42. The van der Waals surface area contributed by atoms with E-state index in [9.17, 15) is 9.59 Å². The van der Waals surface area contributed by atoms with Gasteiger partial charge in [0, 0.05) is 32.6 Å². The lowest BCUT2D eigenvalue weighted by molar-refractivity contribution is -0.135. The van der Waals surface area contributed by atoms with Gasteiger partial charge in [-0.15, -0.1) is 0 Å². The number of nitrogens with zero attached hydrogens (tertiary/aromatic N) is 2. The molecule has 0 N–H and O–H groups in total. The van der Waals surface area contributed by atoms with Crippen LogP contribution in [-0.2, 0) is 9.59 Å². The van der Waals surface area contributed by atoms with E-state index in [2.05, 4.69) is 0 Å². The molecule has 4 nitrogen and oxygen atoms in total. The van der Waals surface area contributed by atoms with Crippen molar-refractivity contribution < 1.29 is 9.59 Å². The molecule has 0 aliphatic carbocycles. The quantitative estimate of drug-likeness (QED) is 0.749. The Morgan fingerprint density at radius 3 is 2.28 bits per heavy atom. The van der Waals surface area contributed by atoms with Crippen LogP contribution in [0.25, 0.3) is 0 Å². The standard InChI is InChI=1S/C14H24N2O2/c1-2-13(17)16-10-7-12(11-16)14(18)15-8-5-3-4-6-9-15/h12H,2-11H2,1H3. The molecule has 0 aromatic heterocycles. The molecular formula is C14H24N2O2. The SMILES string of the molecule is CCC(=O)N1CCC(C(=O)N2CCCCCC2)C1. The highest BCUT2D eigenvalue weighted by Gasteiger charge is 2.32. The van der Waals surface area contributed by atoms with Gasteiger partial charge in [0.15, 0.2) is 0 Å². The second kappa shape index (κ2) is 6.21. The van der Waals surface area contributed by atoms with Gasteiger partial charge in [0.1, 0.15) is 0 Å². The molecule has 0 bridgehead atoms. The summed E-state index contributed by atoms with van der Waals surface area (Å²) < 4.78 is 0. The Labute approximate surface area is 109 Å². The zero-order valence-corrected chi connectivity index (χ0v) is 11.4. The minimum atomic E-state index is 0.0543. The molecule has 1 atom stereocenters. The summed E-state index contributed by atoms with van der Waals surface area (Å²) in [5, 5.41) is 0. The van der Waals surface area contributed by atoms with Crippen molar-refractivity contribution in [3.8, 4) is 0 Å². The average molecular weight is 252 g/mol. The molecule has 102 valence electrons. The summed E-state index contributed by atoms with van der Waals surface area (Å²) in [7, 11) is 0. The third-order valence-corrected chi connectivity index (χ3v) is 4.11. The molecule has 18 heavy (non-hydrogen) atoms. The second-order valence-electron chi connectivity index (χ2n) is 5.42. The Hall–Kier alpha value is -1.06. The summed E-state index contributed by atoms with van der Waals surface area (Å²) >= 11 is 0. The van der Waals surface area contributed by atoms with Gasteiger partial charge >= 0.3 is 0 Å². The van der Waals surface area contributed by atoms with Crippen LogP contribution < -0.4 is 0 Å². The normalized spacial score (nSPS) is 25.1. The molecule has 0 spiro atoms. The van der Waals surface area contributed by atoms with Gasteiger partial charge in [0.05, 0.1) is 5.92 Å². The Bertz CT molecular complexity index is 309. The van der Waals surface area contributed by atoms with Crippen LogP contribution in [0.2, 0.25) is 0 Å². The molecule has 2 heterocycles. The molecule has 0 saturated carbocycles. The van der Waals surface area contributed by atoms with Gasteiger partial charge in [-0.05, 0) is 19.3 Å². The maximum Gasteiger partial charge on any atom is 0.227 e. The number of likely N-dealkylation sites (tertiary alicyclic amines) is 2. The number of hydrogen-bond acceptors (Lipinski definition) is 2. The third kappa shape index (κ3) is 3.03. The van der Waals surface area contributed by atoms with E-state index in [1.54, 1.807) is 0 Å². The topological polar surface area (TPSA) is 40.6 Å². The summed E-state index contributed by atoms with van der Waals surface area (Å²) in [6.45, 7) is 5.11. The molecule has 1 unspecified atom stereocenters. The Morgan fingerprint density at radius 1 is 1.00 bits per heavy atom. The fraction of sp³-hybridized carbons (Fsp3) is 0.857. The fourth-order valence-corrected chi connectivity index (χ4v) is 2.96. The lowest BCUT2D eigenvalue weighted by Gasteiger charge is -2.24. The molecule has 4 heteroatoms. The molecule has 2 aliphatic heterocycles. The van der Waals surface area contributed by atoms with Crippen molar-refractivity contribution in [1.82, 2.24) is 9.80 Å². The maximum atomic E-state index is 12.4. The lowest BCUT2D eigenvalue weighted by atomic mass is 10.1. The van der Waals surface area contributed by atoms with E-state index in [0.717, 1.165) is 38.9 Å². The van der Waals surface area contributed by atoms with Gasteiger partial charge in [0.2, 0.25) is 11.8 Å². The van der Waals surface area contributed by atoms with E-state index < -0.39 is 0 Å². The minimum Gasteiger partial charge on any atom is -0.342 e. The van der Waals surface area contributed by atoms with Crippen LogP contribution >= 0.6 is 0 Å². The predicted octanol–water partition coefficient (Wildman–Crippen LogP) is 1.65. The average Bonchev–Trinajstić information content (AvgIpc) is 2.72. The number of amides is 2. The minimum absolute atomic E-state index is 0.0543. The highest BCUT2D eigenvalue weighted by atomic mass is 16.2. The van der Waals surface area contributed by atoms with Gasteiger partial charge in [-0.3, -0.25) is 9.59 Å². The Kier molecular flexibility index (Phi) is 4.61. The first-order valence-corrected chi connectivity index (χ1v) is 7.29. The van der Waals surface area contributed by atoms with Crippen LogP contribution in [0.15, 0.2) is 0 Å². The molecule has 2 saturated heterocycles. The molecule has 2 fully saturated rings.